The maximum atomic E-state index is 2.45. The molecule has 15 heavy (non-hydrogen) atoms. The minimum absolute atomic E-state index is 0.380. The van der Waals surface area contributed by atoms with Crippen LogP contribution in [0.25, 0.3) is 0 Å². The van der Waals surface area contributed by atoms with E-state index in [0.29, 0.717) is 7.92 Å². The van der Waals surface area contributed by atoms with Gasteiger partial charge in [0.15, 0.2) is 0 Å². The third-order valence-corrected chi connectivity index (χ3v) is 10.3. The van der Waals surface area contributed by atoms with E-state index in [0.717, 1.165) is 0 Å². The van der Waals surface area contributed by atoms with Crippen LogP contribution in [0.4, 0.5) is 0 Å². The van der Waals surface area contributed by atoms with E-state index >= 15 is 0 Å². The second-order valence-corrected chi connectivity index (χ2v) is 22.8. The van der Waals surface area contributed by atoms with Crippen molar-refractivity contribution in [2.75, 3.05) is 20.0 Å². The van der Waals surface area contributed by atoms with Crippen LogP contribution in [0.2, 0.25) is 49.3 Å². The summed E-state index contributed by atoms with van der Waals surface area (Å²) in [7, 11) is -1.15. The van der Waals surface area contributed by atoms with Gasteiger partial charge in [0.05, 0.1) is 0 Å². The molecule has 0 saturated carbocycles. The zero-order valence-electron chi connectivity index (χ0n) is 12.2. The fourth-order valence-electron chi connectivity index (χ4n) is 0.514. The molecule has 0 unspecified atom stereocenters. The predicted molar refractivity (Wildman–Crippen MR) is 81.0 cm³/mol. The molecule has 0 bridgehead atoms. The molecule has 4 heteroatoms. The Hall–Kier alpha value is 1.36. The van der Waals surface area contributed by atoms with Gasteiger partial charge in [-0.25, -0.2) is 0 Å². The molecule has 0 amide bonds. The molecule has 0 aromatic heterocycles. The maximum absolute atomic E-state index is 2.45. The summed E-state index contributed by atoms with van der Waals surface area (Å²) in [6.45, 7) is 21.4. The summed E-state index contributed by atoms with van der Waals surface area (Å²) in [5.74, 6) is 0. The monoisotopic (exact) mass is 308 g/mol. The van der Waals surface area contributed by atoms with Gasteiger partial charge >= 0.3 is 79.9 Å². The van der Waals surface area contributed by atoms with E-state index in [4.69, 9.17) is 0 Å². The van der Waals surface area contributed by atoms with Crippen molar-refractivity contribution in [3.05, 3.63) is 0 Å². The van der Waals surface area contributed by atoms with Gasteiger partial charge in [0.2, 0.25) is 0 Å². The number of hydrogen-bond acceptors (Lipinski definition) is 0. The number of rotatable bonds is 4. The van der Waals surface area contributed by atoms with Crippen LogP contribution in [0.3, 0.4) is 0 Å². The molecule has 0 rings (SSSR count). The molecular weight excluding hydrogens is 278 g/mol. The van der Waals surface area contributed by atoms with Gasteiger partial charge in [-0.1, -0.05) is 0 Å². The van der Waals surface area contributed by atoms with Crippen LogP contribution in [-0.2, 0) is 14.4 Å². The summed E-state index contributed by atoms with van der Waals surface area (Å²) in [6.07, 6.45) is 0. The first-order valence-corrected chi connectivity index (χ1v) is 17.0. The first-order valence-electron chi connectivity index (χ1n) is 5.50. The topological polar surface area (TPSA) is 0 Å². The molecule has 0 N–H and O–H groups in total. The molecule has 0 radical (unpaired) electrons. The second kappa shape index (κ2) is 8.45. The Bertz CT molecular complexity index is 131. The summed E-state index contributed by atoms with van der Waals surface area (Å²) < 4.78 is 0. The van der Waals surface area contributed by atoms with E-state index in [1.165, 1.54) is 10.0 Å². The van der Waals surface area contributed by atoms with Gasteiger partial charge < -0.3 is 0 Å². The molecule has 0 aliphatic rings. The fraction of sp³-hybridized carbons (Fsp3) is 1.00. The molecule has 0 saturated heterocycles. The fourth-order valence-corrected chi connectivity index (χ4v) is 7.33. The van der Waals surface area contributed by atoms with E-state index in [1.54, 1.807) is 0 Å². The van der Waals surface area contributed by atoms with Crippen molar-refractivity contribution >= 4 is 24.1 Å². The van der Waals surface area contributed by atoms with Crippen LogP contribution >= 0.6 is 7.92 Å². The van der Waals surface area contributed by atoms with E-state index in [-0.39, 0.29) is 0 Å². The van der Waals surface area contributed by atoms with Gasteiger partial charge in [-0.2, -0.15) is 0 Å². The Morgan fingerprint density at radius 3 is 1.07 bits per heavy atom. The van der Waals surface area contributed by atoms with Gasteiger partial charge in [0.25, 0.3) is 0 Å². The summed E-state index contributed by atoms with van der Waals surface area (Å²) >= 11 is 2.02. The Balaban J connectivity index is 0. The molecule has 0 aliphatic carbocycles. The summed E-state index contributed by atoms with van der Waals surface area (Å²) in [5.41, 5.74) is 0. The van der Waals surface area contributed by atoms with Crippen LogP contribution in [0.5, 0.6) is 0 Å². The number of hydrogen-bond donors (Lipinski definition) is 0. The molecule has 0 aromatic rings. The van der Waals surface area contributed by atoms with Crippen LogP contribution < -0.4 is 0 Å². The van der Waals surface area contributed by atoms with Crippen molar-refractivity contribution in [2.24, 2.45) is 0 Å². The second-order valence-electron chi connectivity index (χ2n) is 6.84. The standard InChI is InChI=1S/2C4H11Si.C3H9P.Ni/c2*1-5(2,3)4;1-4(2)3;/h2*1H2,2-4H3;1-3H3;. The molecule has 0 heterocycles. The zero-order chi connectivity index (χ0) is 12.7. The SMILES string of the molecule is CP(C)C.C[Si](C)(C)[CH2][Ni][CH2][Si](C)(C)C. The van der Waals surface area contributed by atoms with E-state index in [9.17, 15) is 0 Å². The van der Waals surface area contributed by atoms with E-state index in [2.05, 4.69) is 59.3 Å². The van der Waals surface area contributed by atoms with E-state index in [1.807, 2.05) is 14.4 Å². The van der Waals surface area contributed by atoms with Gasteiger partial charge in [-0.3, -0.25) is 0 Å². The quantitative estimate of drug-likeness (QED) is 0.505. The molecule has 0 nitrogen and oxygen atoms in total. The van der Waals surface area contributed by atoms with Crippen LogP contribution in [0.1, 0.15) is 0 Å². The normalized spacial score (nSPS) is 12.7. The zero-order valence-corrected chi connectivity index (χ0v) is 16.1. The Labute approximate surface area is 108 Å². The van der Waals surface area contributed by atoms with Gasteiger partial charge in [0, 0.05) is 0 Å². The van der Waals surface area contributed by atoms with Crippen molar-refractivity contribution in [2.45, 2.75) is 49.3 Å². The average molecular weight is 309 g/mol. The minimum atomic E-state index is -0.763. The first kappa shape index (κ1) is 18.7. The van der Waals surface area contributed by atoms with Gasteiger partial charge in [0.1, 0.15) is 0 Å². The van der Waals surface area contributed by atoms with Crippen molar-refractivity contribution < 1.29 is 14.4 Å². The van der Waals surface area contributed by atoms with Gasteiger partial charge in [-0.15, -0.1) is 7.92 Å². The average Bonchev–Trinajstić information content (AvgIpc) is 1.77. The van der Waals surface area contributed by atoms with Crippen molar-refractivity contribution in [1.29, 1.82) is 0 Å². The summed E-state index contributed by atoms with van der Waals surface area (Å²) in [5, 5.41) is 2.93. The third-order valence-electron chi connectivity index (χ3n) is 0.829. The van der Waals surface area contributed by atoms with E-state index < -0.39 is 16.1 Å². The molecule has 0 aromatic carbocycles. The molecule has 0 spiro atoms. The summed E-state index contributed by atoms with van der Waals surface area (Å²) in [6, 6.07) is 0. The Morgan fingerprint density at radius 1 is 0.733 bits per heavy atom. The molecule has 0 aliphatic heterocycles. The predicted octanol–water partition coefficient (Wildman–Crippen LogP) is 5.02. The van der Waals surface area contributed by atoms with Crippen molar-refractivity contribution in [3.8, 4) is 0 Å². The van der Waals surface area contributed by atoms with Gasteiger partial charge in [-0.05, 0) is 20.0 Å². The Morgan fingerprint density at radius 2 is 0.933 bits per heavy atom. The summed E-state index contributed by atoms with van der Waals surface area (Å²) in [4.78, 5) is 0. The van der Waals surface area contributed by atoms with Crippen LogP contribution in [0.15, 0.2) is 0 Å². The first-order chi connectivity index (χ1) is 6.44. The van der Waals surface area contributed by atoms with Crippen LogP contribution in [-0.4, -0.2) is 36.1 Å². The van der Waals surface area contributed by atoms with Crippen molar-refractivity contribution in [3.63, 3.8) is 0 Å². The van der Waals surface area contributed by atoms with Crippen molar-refractivity contribution in [1.82, 2.24) is 0 Å². The van der Waals surface area contributed by atoms with Crippen LogP contribution in [0, 0.1) is 0 Å². The Kier molecular flexibility index (Phi) is 10.5. The molecule has 0 fully saturated rings. The molecule has 98 valence electrons. The molecule has 0 atom stereocenters. The third kappa shape index (κ3) is 31.3. The molecular formula is C11H31NiPSi2.